The van der Waals surface area contributed by atoms with Crippen LogP contribution >= 0.6 is 34.5 Å². The Morgan fingerprint density at radius 3 is 2.80 bits per heavy atom. The number of carbonyl (C=O) groups is 1. The predicted molar refractivity (Wildman–Crippen MR) is 101 cm³/mol. The van der Waals surface area contributed by atoms with Crippen molar-refractivity contribution in [2.75, 3.05) is 11.9 Å². The molecule has 5 nitrogen and oxygen atoms in total. The summed E-state index contributed by atoms with van der Waals surface area (Å²) in [5, 5.41) is 12.7. The van der Waals surface area contributed by atoms with Crippen molar-refractivity contribution in [3.05, 3.63) is 58.1 Å². The summed E-state index contributed by atoms with van der Waals surface area (Å²) in [5.74, 6) is 0.0388. The van der Waals surface area contributed by atoms with E-state index in [1.807, 2.05) is 31.2 Å². The van der Waals surface area contributed by atoms with Crippen molar-refractivity contribution in [3.63, 3.8) is 0 Å². The highest BCUT2D eigenvalue weighted by Gasteiger charge is 2.11. The van der Waals surface area contributed by atoms with Crippen LogP contribution in [0.25, 0.3) is 10.6 Å². The predicted octanol–water partition coefficient (Wildman–Crippen LogP) is 4.84. The van der Waals surface area contributed by atoms with E-state index in [9.17, 15) is 4.79 Å². The second-order valence-corrected chi connectivity index (χ2v) is 7.01. The van der Waals surface area contributed by atoms with Crippen molar-refractivity contribution in [1.29, 1.82) is 0 Å². The van der Waals surface area contributed by atoms with E-state index in [2.05, 4.69) is 15.5 Å². The number of aryl methyl sites for hydroxylation is 1. The van der Waals surface area contributed by atoms with Crippen LogP contribution in [0, 0.1) is 6.92 Å². The number of hydrogen-bond acceptors (Lipinski definition) is 5. The zero-order valence-corrected chi connectivity index (χ0v) is 15.5. The molecular formula is C17H13Cl2N3O2S. The van der Waals surface area contributed by atoms with Crippen LogP contribution in [0.4, 0.5) is 5.13 Å². The zero-order chi connectivity index (χ0) is 17.8. The van der Waals surface area contributed by atoms with Gasteiger partial charge in [0.15, 0.2) is 6.61 Å². The first-order valence-electron chi connectivity index (χ1n) is 7.29. The molecule has 25 heavy (non-hydrogen) atoms. The molecule has 0 spiro atoms. The Morgan fingerprint density at radius 2 is 2.04 bits per heavy atom. The molecular weight excluding hydrogens is 381 g/mol. The fourth-order valence-electron chi connectivity index (χ4n) is 2.06. The van der Waals surface area contributed by atoms with Gasteiger partial charge in [0.1, 0.15) is 10.8 Å². The van der Waals surface area contributed by atoms with E-state index in [4.69, 9.17) is 27.9 Å². The highest BCUT2D eigenvalue weighted by atomic mass is 35.5. The first-order valence-corrected chi connectivity index (χ1v) is 8.87. The van der Waals surface area contributed by atoms with Gasteiger partial charge in [-0.15, -0.1) is 10.2 Å². The van der Waals surface area contributed by atoms with Gasteiger partial charge in [0.05, 0.1) is 5.02 Å². The van der Waals surface area contributed by atoms with Gasteiger partial charge in [0, 0.05) is 10.6 Å². The van der Waals surface area contributed by atoms with Crippen molar-refractivity contribution < 1.29 is 9.53 Å². The normalized spacial score (nSPS) is 10.5. The van der Waals surface area contributed by atoms with Gasteiger partial charge in [-0.1, -0.05) is 58.3 Å². The molecule has 0 saturated heterocycles. The van der Waals surface area contributed by atoms with E-state index in [0.717, 1.165) is 16.1 Å². The quantitative estimate of drug-likeness (QED) is 0.673. The molecule has 1 amide bonds. The van der Waals surface area contributed by atoms with Crippen LogP contribution in [0.5, 0.6) is 5.75 Å². The summed E-state index contributed by atoms with van der Waals surface area (Å²) >= 11 is 13.1. The molecule has 8 heteroatoms. The molecule has 0 fully saturated rings. The lowest BCUT2D eigenvalue weighted by Gasteiger charge is -2.07. The van der Waals surface area contributed by atoms with Gasteiger partial charge in [-0.3, -0.25) is 10.1 Å². The zero-order valence-electron chi connectivity index (χ0n) is 13.1. The third kappa shape index (κ3) is 4.69. The molecule has 3 rings (SSSR count). The van der Waals surface area contributed by atoms with Crippen LogP contribution in [0.2, 0.25) is 10.0 Å². The average molecular weight is 394 g/mol. The number of halogens is 2. The summed E-state index contributed by atoms with van der Waals surface area (Å²) in [6.45, 7) is 1.81. The summed E-state index contributed by atoms with van der Waals surface area (Å²) in [6, 6.07) is 12.7. The van der Waals surface area contributed by atoms with Gasteiger partial charge in [0.25, 0.3) is 5.91 Å². The number of benzene rings is 2. The van der Waals surface area contributed by atoms with Gasteiger partial charge in [-0.2, -0.15) is 0 Å². The second-order valence-electron chi connectivity index (χ2n) is 5.19. The Hall–Kier alpha value is -2.15. The Morgan fingerprint density at radius 1 is 1.20 bits per heavy atom. The highest BCUT2D eigenvalue weighted by molar-refractivity contribution is 7.18. The maximum atomic E-state index is 12.0. The number of carbonyl (C=O) groups excluding carboxylic acids is 1. The van der Waals surface area contributed by atoms with Crippen LogP contribution in [0.15, 0.2) is 42.5 Å². The van der Waals surface area contributed by atoms with Gasteiger partial charge in [-0.05, 0) is 31.2 Å². The van der Waals surface area contributed by atoms with E-state index in [0.29, 0.717) is 20.9 Å². The lowest BCUT2D eigenvalue weighted by atomic mass is 10.1. The summed E-state index contributed by atoms with van der Waals surface area (Å²) < 4.78 is 5.39. The maximum absolute atomic E-state index is 12.0. The fraction of sp³-hybridized carbons (Fsp3) is 0.118. The Bertz CT molecular complexity index is 914. The van der Waals surface area contributed by atoms with E-state index in [-0.39, 0.29) is 12.5 Å². The van der Waals surface area contributed by atoms with Gasteiger partial charge < -0.3 is 4.74 Å². The number of amides is 1. The third-order valence-corrected chi connectivity index (χ3v) is 4.61. The van der Waals surface area contributed by atoms with Crippen LogP contribution < -0.4 is 10.1 Å². The van der Waals surface area contributed by atoms with Crippen LogP contribution in [-0.4, -0.2) is 22.7 Å². The Balaban J connectivity index is 1.60. The van der Waals surface area contributed by atoms with Crippen LogP contribution in [0.3, 0.4) is 0 Å². The minimum atomic E-state index is -0.349. The smallest absolute Gasteiger partial charge is 0.264 e. The number of anilines is 1. The first-order chi connectivity index (χ1) is 12.0. The number of nitrogens with zero attached hydrogens (tertiary/aromatic N) is 2. The minimum absolute atomic E-state index is 0.194. The molecule has 0 saturated carbocycles. The largest absolute Gasteiger partial charge is 0.482 e. The summed E-state index contributed by atoms with van der Waals surface area (Å²) in [4.78, 5) is 12.0. The third-order valence-electron chi connectivity index (χ3n) is 3.19. The summed E-state index contributed by atoms with van der Waals surface area (Å²) in [7, 11) is 0. The van der Waals surface area contributed by atoms with E-state index < -0.39 is 0 Å². The molecule has 0 bridgehead atoms. The molecule has 0 unspecified atom stereocenters. The fourth-order valence-corrected chi connectivity index (χ4v) is 3.28. The first kappa shape index (κ1) is 17.7. The number of nitrogens with one attached hydrogen (secondary N) is 1. The molecule has 1 aromatic heterocycles. The number of aromatic nitrogens is 2. The monoisotopic (exact) mass is 393 g/mol. The van der Waals surface area contributed by atoms with Crippen molar-refractivity contribution in [3.8, 4) is 16.3 Å². The van der Waals surface area contributed by atoms with Crippen molar-refractivity contribution >= 4 is 45.6 Å². The number of hydrogen-bond donors (Lipinski definition) is 1. The summed E-state index contributed by atoms with van der Waals surface area (Å²) in [6.07, 6.45) is 0. The lowest BCUT2D eigenvalue weighted by Crippen LogP contribution is -2.20. The van der Waals surface area contributed by atoms with Crippen LogP contribution in [-0.2, 0) is 4.79 Å². The number of rotatable bonds is 5. The molecule has 0 atom stereocenters. The highest BCUT2D eigenvalue weighted by Crippen LogP contribution is 2.28. The van der Waals surface area contributed by atoms with E-state index in [1.165, 1.54) is 11.3 Å². The Labute approximate surface area is 158 Å². The number of ether oxygens (including phenoxy) is 1. The lowest BCUT2D eigenvalue weighted by molar-refractivity contribution is -0.118. The molecule has 2 aromatic carbocycles. The van der Waals surface area contributed by atoms with Gasteiger partial charge >= 0.3 is 0 Å². The van der Waals surface area contributed by atoms with Crippen molar-refractivity contribution in [2.45, 2.75) is 6.92 Å². The Kier molecular flexibility index (Phi) is 5.53. The molecule has 1 N–H and O–H groups in total. The van der Waals surface area contributed by atoms with Crippen LogP contribution in [0.1, 0.15) is 5.56 Å². The molecule has 1 heterocycles. The van der Waals surface area contributed by atoms with Gasteiger partial charge in [0.2, 0.25) is 5.13 Å². The maximum Gasteiger partial charge on any atom is 0.264 e. The minimum Gasteiger partial charge on any atom is -0.482 e. The second kappa shape index (κ2) is 7.82. The molecule has 0 aliphatic rings. The molecule has 128 valence electrons. The molecule has 0 aliphatic carbocycles. The molecule has 0 radical (unpaired) electrons. The van der Waals surface area contributed by atoms with Crippen molar-refractivity contribution in [2.24, 2.45) is 0 Å². The summed E-state index contributed by atoms with van der Waals surface area (Å²) in [5.41, 5.74) is 2.09. The molecule has 3 aromatic rings. The SMILES string of the molecule is Cc1cccc(-c2nnc(NC(=O)COc3ccc(Cl)cc3Cl)s2)c1. The standard InChI is InChI=1S/C17H13Cl2N3O2S/c1-10-3-2-4-11(7-10)16-21-22-17(25-16)20-15(23)9-24-14-6-5-12(18)8-13(14)19/h2-8H,9H2,1H3,(H,20,22,23). The van der Waals surface area contributed by atoms with E-state index in [1.54, 1.807) is 18.2 Å². The van der Waals surface area contributed by atoms with Gasteiger partial charge in [-0.25, -0.2) is 0 Å². The van der Waals surface area contributed by atoms with E-state index >= 15 is 0 Å². The molecule has 0 aliphatic heterocycles. The van der Waals surface area contributed by atoms with Crippen molar-refractivity contribution in [1.82, 2.24) is 10.2 Å². The topological polar surface area (TPSA) is 64.1 Å². The average Bonchev–Trinajstić information content (AvgIpc) is 3.02.